The topological polar surface area (TPSA) is 74.4 Å². The molecule has 2 bridgehead atoms. The van der Waals surface area contributed by atoms with Gasteiger partial charge >= 0.3 is 0 Å². The average molecular weight is 739 g/mol. The van der Waals surface area contributed by atoms with Crippen LogP contribution in [-0.2, 0) is 26.3 Å². The molecule has 5 aliphatic rings. The van der Waals surface area contributed by atoms with Gasteiger partial charge in [-0.05, 0) is 123 Å². The fraction of sp³-hybridized carbons (Fsp3) is 0.659. The fourth-order valence-electron chi connectivity index (χ4n) is 9.79. The number of hydrogen-bond donors (Lipinski definition) is 1. The third-order valence-electron chi connectivity index (χ3n) is 13.3. The number of rotatable bonds is 5. The molecule has 1 N–H and O–H groups in total. The summed E-state index contributed by atoms with van der Waals surface area (Å²) in [6.07, 6.45) is 8.93. The molecule has 2 aromatic carbocycles. The molecule has 2 aromatic rings. The zero-order valence-electron chi connectivity index (χ0n) is 31.0. The van der Waals surface area contributed by atoms with E-state index in [1.165, 1.54) is 30.4 Å². The van der Waals surface area contributed by atoms with Crippen LogP contribution in [0.2, 0.25) is 5.02 Å². The summed E-state index contributed by atoms with van der Waals surface area (Å²) in [4.78, 5) is 21.6. The highest BCUT2D eigenvalue weighted by Gasteiger charge is 2.45. The highest BCUT2D eigenvalue weighted by Crippen LogP contribution is 2.48. The monoisotopic (exact) mass is 738 g/mol. The molecule has 2 fully saturated rings. The van der Waals surface area contributed by atoms with Gasteiger partial charge in [-0.25, -0.2) is 4.21 Å². The first-order valence-corrected chi connectivity index (χ1v) is 21.6. The number of anilines is 1. The van der Waals surface area contributed by atoms with Crippen molar-refractivity contribution >= 4 is 38.8 Å². The highest BCUT2D eigenvalue weighted by atomic mass is 35.5. The van der Waals surface area contributed by atoms with E-state index in [9.17, 15) is 9.00 Å². The standard InChI is InChI=1S/C41H59ClN4O4S/c1-29-7-5-8-33(25-45-19-17-44(18-20-45)21-22-49-3)36-13-10-34(36)26-46-27-41(16-6-9-31-23-35(42)12-14-37(31)41)28-50-39-15-11-32(24-38(39)46)40(47)43-51(4,48)30(29)2/h11-12,14-15,23-24,29-30,33-34,36H,4-10,13,16-22,25-28H2,1-3H3,(H,43,47,48)/t29-,30+,33-,34-,36-,41-,51?/m0/s1. The van der Waals surface area contributed by atoms with E-state index in [0.29, 0.717) is 29.9 Å². The van der Waals surface area contributed by atoms with Gasteiger partial charge in [0.1, 0.15) is 5.75 Å². The Morgan fingerprint density at radius 1 is 1.04 bits per heavy atom. The molecule has 7 atom stereocenters. The third-order valence-corrected chi connectivity index (χ3v) is 15.7. The lowest BCUT2D eigenvalue weighted by Gasteiger charge is -2.48. The molecule has 8 nitrogen and oxygen atoms in total. The Hall–Kier alpha value is -2.30. The van der Waals surface area contributed by atoms with Crippen molar-refractivity contribution in [3.8, 4) is 5.75 Å². The Kier molecular flexibility index (Phi) is 11.3. The molecule has 3 aliphatic heterocycles. The molecule has 280 valence electrons. The van der Waals surface area contributed by atoms with Crippen LogP contribution in [0.15, 0.2) is 36.4 Å². The SMILES string of the molecule is C=S1(=O)NC(=O)c2ccc3c(c2)N(C[C@@H]2CC[C@H]2[C@H](CN2CCN(CCOC)CC2)CCC[C@H](C)[C@H]1C)C[C@@]1(CCCc2cc(Cl)ccc21)CO3. The summed E-state index contributed by atoms with van der Waals surface area (Å²) >= 11 is 6.51. The summed E-state index contributed by atoms with van der Waals surface area (Å²) in [6, 6.07) is 12.2. The fourth-order valence-corrected chi connectivity index (χ4v) is 11.5. The molecular formula is C41H59ClN4O4S. The van der Waals surface area contributed by atoms with E-state index in [4.69, 9.17) is 21.1 Å². The first kappa shape index (κ1) is 37.0. The Morgan fingerprint density at radius 2 is 1.84 bits per heavy atom. The zero-order valence-corrected chi connectivity index (χ0v) is 32.6. The molecule has 10 heteroatoms. The summed E-state index contributed by atoms with van der Waals surface area (Å²) in [7, 11) is -1.08. The van der Waals surface area contributed by atoms with Crippen molar-refractivity contribution < 1.29 is 18.5 Å². The van der Waals surface area contributed by atoms with E-state index in [0.717, 1.165) is 108 Å². The molecule has 1 unspecified atom stereocenters. The summed E-state index contributed by atoms with van der Waals surface area (Å²) in [5, 5.41) is 0.555. The van der Waals surface area contributed by atoms with E-state index in [-0.39, 0.29) is 22.5 Å². The Bertz CT molecular complexity index is 1660. The summed E-state index contributed by atoms with van der Waals surface area (Å²) in [5.41, 5.74) is 3.98. The number of benzene rings is 2. The minimum absolute atomic E-state index is 0.172. The first-order chi connectivity index (χ1) is 24.5. The summed E-state index contributed by atoms with van der Waals surface area (Å²) in [6.45, 7) is 13.9. The van der Waals surface area contributed by atoms with E-state index in [2.05, 4.69) is 44.3 Å². The number of hydrogen-bond acceptors (Lipinski definition) is 7. The van der Waals surface area contributed by atoms with Crippen LogP contribution in [0.5, 0.6) is 5.75 Å². The van der Waals surface area contributed by atoms with Gasteiger partial charge in [0.2, 0.25) is 0 Å². The minimum atomic E-state index is -2.87. The van der Waals surface area contributed by atoms with Crippen molar-refractivity contribution in [2.24, 2.45) is 23.7 Å². The predicted molar refractivity (Wildman–Crippen MR) is 210 cm³/mol. The zero-order chi connectivity index (χ0) is 35.8. The van der Waals surface area contributed by atoms with Crippen LogP contribution in [0, 0.1) is 23.7 Å². The molecular weight excluding hydrogens is 680 g/mol. The lowest BCUT2D eigenvalue weighted by atomic mass is 9.65. The van der Waals surface area contributed by atoms with Crippen LogP contribution >= 0.6 is 11.6 Å². The molecule has 2 aliphatic carbocycles. The number of amides is 1. The second-order valence-corrected chi connectivity index (χ2v) is 19.3. The lowest BCUT2D eigenvalue weighted by molar-refractivity contribution is 0.0441. The van der Waals surface area contributed by atoms with Crippen LogP contribution in [0.25, 0.3) is 0 Å². The van der Waals surface area contributed by atoms with Crippen molar-refractivity contribution in [1.82, 2.24) is 14.5 Å². The third kappa shape index (κ3) is 7.98. The van der Waals surface area contributed by atoms with Crippen LogP contribution < -0.4 is 14.4 Å². The van der Waals surface area contributed by atoms with Crippen molar-refractivity contribution in [3.63, 3.8) is 0 Å². The van der Waals surface area contributed by atoms with Crippen LogP contribution in [0.1, 0.15) is 80.3 Å². The lowest BCUT2D eigenvalue weighted by Crippen LogP contribution is -2.51. The predicted octanol–water partition coefficient (Wildman–Crippen LogP) is 6.29. The van der Waals surface area contributed by atoms with Gasteiger partial charge in [0, 0.05) is 80.7 Å². The number of nitrogens with one attached hydrogen (secondary N) is 1. The van der Waals surface area contributed by atoms with Gasteiger partial charge in [0.25, 0.3) is 5.91 Å². The molecule has 1 spiro atoms. The second kappa shape index (κ2) is 15.6. The largest absolute Gasteiger partial charge is 0.490 e. The molecule has 1 saturated carbocycles. The van der Waals surface area contributed by atoms with Gasteiger partial charge in [-0.3, -0.25) is 14.4 Å². The van der Waals surface area contributed by atoms with Crippen molar-refractivity contribution in [3.05, 3.63) is 58.1 Å². The second-order valence-electron chi connectivity index (χ2n) is 16.5. The number of piperazine rings is 1. The number of aryl methyl sites for hydroxylation is 1. The van der Waals surface area contributed by atoms with Gasteiger partial charge in [-0.1, -0.05) is 31.0 Å². The van der Waals surface area contributed by atoms with Gasteiger partial charge in [-0.15, -0.1) is 0 Å². The number of carbonyl (C=O) groups excluding carboxylic acids is 1. The Labute approximate surface area is 311 Å². The molecule has 1 amide bonds. The normalized spacial score (nSPS) is 33.7. The number of nitrogens with zero attached hydrogens (tertiary/aromatic N) is 3. The average Bonchev–Trinajstić information content (AvgIpc) is 3.25. The summed E-state index contributed by atoms with van der Waals surface area (Å²) in [5.74, 6) is 6.62. The maximum Gasteiger partial charge on any atom is 0.262 e. The maximum atomic E-state index is 14.0. The van der Waals surface area contributed by atoms with Gasteiger partial charge < -0.3 is 19.3 Å². The number of ether oxygens (including phenoxy) is 2. The van der Waals surface area contributed by atoms with Gasteiger partial charge in [0.15, 0.2) is 0 Å². The molecule has 3 heterocycles. The number of fused-ring (bicyclic) bond motifs is 4. The van der Waals surface area contributed by atoms with Crippen molar-refractivity contribution in [2.75, 3.05) is 77.6 Å². The maximum absolute atomic E-state index is 14.0. The first-order valence-electron chi connectivity index (χ1n) is 19.5. The van der Waals surface area contributed by atoms with Gasteiger partial charge in [-0.2, -0.15) is 0 Å². The highest BCUT2D eigenvalue weighted by molar-refractivity contribution is 7.99. The smallest absolute Gasteiger partial charge is 0.262 e. The Morgan fingerprint density at radius 3 is 2.61 bits per heavy atom. The van der Waals surface area contributed by atoms with Crippen LogP contribution in [0.3, 0.4) is 0 Å². The van der Waals surface area contributed by atoms with Gasteiger partial charge in [0.05, 0.1) is 28.6 Å². The van der Waals surface area contributed by atoms with E-state index >= 15 is 0 Å². The van der Waals surface area contributed by atoms with Crippen LogP contribution in [0.4, 0.5) is 5.69 Å². The minimum Gasteiger partial charge on any atom is -0.490 e. The Balaban J connectivity index is 1.21. The summed E-state index contributed by atoms with van der Waals surface area (Å²) < 4.78 is 29.0. The van der Waals surface area contributed by atoms with Crippen molar-refractivity contribution in [2.45, 2.75) is 75.9 Å². The van der Waals surface area contributed by atoms with Crippen LogP contribution in [-0.4, -0.2) is 104 Å². The molecule has 51 heavy (non-hydrogen) atoms. The number of halogens is 1. The number of carbonyl (C=O) groups is 1. The number of methoxy groups -OCH3 is 1. The molecule has 7 rings (SSSR count). The quantitative estimate of drug-likeness (QED) is 0.362. The molecule has 0 radical (unpaired) electrons. The van der Waals surface area contributed by atoms with E-state index in [1.54, 1.807) is 7.11 Å². The molecule has 0 aromatic heterocycles. The van der Waals surface area contributed by atoms with E-state index < -0.39 is 9.71 Å². The van der Waals surface area contributed by atoms with Crippen molar-refractivity contribution in [1.29, 1.82) is 0 Å². The molecule has 1 saturated heterocycles. The van der Waals surface area contributed by atoms with E-state index in [1.807, 2.05) is 31.2 Å².